The fraction of sp³-hybridized carbons (Fsp3) is 0.429. The molecular formula is C14H17F2N3O2. The van der Waals surface area contributed by atoms with E-state index in [1.165, 1.54) is 0 Å². The van der Waals surface area contributed by atoms with Crippen LogP contribution in [0, 0.1) is 0 Å². The summed E-state index contributed by atoms with van der Waals surface area (Å²) in [6.45, 7) is -0.870. The fourth-order valence-corrected chi connectivity index (χ4v) is 2.25. The third kappa shape index (κ3) is 3.36. The summed E-state index contributed by atoms with van der Waals surface area (Å²) in [5.41, 5.74) is 0.809. The first-order chi connectivity index (χ1) is 10.0. The zero-order chi connectivity index (χ0) is 15.4. The summed E-state index contributed by atoms with van der Waals surface area (Å²) >= 11 is 0. The highest BCUT2D eigenvalue weighted by Crippen LogP contribution is 2.23. The summed E-state index contributed by atoms with van der Waals surface area (Å²) in [6.07, 6.45) is 1.12. The van der Waals surface area contributed by atoms with Gasteiger partial charge in [0.25, 0.3) is 0 Å². The highest BCUT2D eigenvalue weighted by atomic mass is 19.3. The lowest BCUT2D eigenvalue weighted by molar-refractivity contribution is -0.139. The van der Waals surface area contributed by atoms with Crippen LogP contribution in [0.4, 0.5) is 8.78 Å². The van der Waals surface area contributed by atoms with Crippen LogP contribution in [0.15, 0.2) is 24.3 Å². The van der Waals surface area contributed by atoms with E-state index < -0.39 is 18.6 Å². The third-order valence-corrected chi connectivity index (χ3v) is 3.25. The Hall–Kier alpha value is -2.02. The Morgan fingerprint density at radius 1 is 1.43 bits per heavy atom. The van der Waals surface area contributed by atoms with Crippen LogP contribution in [0.1, 0.15) is 32.1 Å². The molecule has 0 radical (unpaired) electrons. The molecular weight excluding hydrogens is 280 g/mol. The average Bonchev–Trinajstić information content (AvgIpc) is 2.81. The number of nitrogens with zero attached hydrogens (tertiary/aromatic N) is 2. The molecule has 0 fully saturated rings. The lowest BCUT2D eigenvalue weighted by atomic mass is 10.2. The van der Waals surface area contributed by atoms with E-state index in [1.54, 1.807) is 24.3 Å². The van der Waals surface area contributed by atoms with E-state index >= 15 is 0 Å². The van der Waals surface area contributed by atoms with Crippen LogP contribution in [-0.4, -0.2) is 26.7 Å². The molecule has 1 atom stereocenters. The molecule has 2 rings (SSSR count). The van der Waals surface area contributed by atoms with Crippen LogP contribution in [0.2, 0.25) is 0 Å². The summed E-state index contributed by atoms with van der Waals surface area (Å²) in [5, 5.41) is 11.8. The Labute approximate surface area is 120 Å². The van der Waals surface area contributed by atoms with Gasteiger partial charge >= 0.3 is 12.5 Å². The van der Waals surface area contributed by atoms with E-state index in [1.807, 2.05) is 6.92 Å². The first kappa shape index (κ1) is 15.4. The minimum atomic E-state index is -2.72. The second-order valence-corrected chi connectivity index (χ2v) is 4.72. The van der Waals surface area contributed by atoms with E-state index in [-0.39, 0.29) is 12.4 Å². The number of aromatic nitrogens is 2. The van der Waals surface area contributed by atoms with E-state index in [0.717, 1.165) is 4.57 Å². The number of hydrogen-bond acceptors (Lipinski definition) is 3. The van der Waals surface area contributed by atoms with Gasteiger partial charge in [0, 0.05) is 0 Å². The van der Waals surface area contributed by atoms with E-state index in [9.17, 15) is 13.6 Å². The van der Waals surface area contributed by atoms with E-state index in [4.69, 9.17) is 5.11 Å². The molecule has 0 saturated heterocycles. The largest absolute Gasteiger partial charge is 0.480 e. The van der Waals surface area contributed by atoms with Crippen LogP contribution in [0.3, 0.4) is 0 Å². The van der Waals surface area contributed by atoms with Gasteiger partial charge in [0.2, 0.25) is 0 Å². The van der Waals surface area contributed by atoms with Gasteiger partial charge in [-0.3, -0.25) is 14.7 Å². The highest BCUT2D eigenvalue weighted by molar-refractivity contribution is 5.76. The lowest BCUT2D eigenvalue weighted by Crippen LogP contribution is -2.36. The maximum atomic E-state index is 13.2. The number of carboxylic acid groups (broad SMARTS) is 1. The van der Waals surface area contributed by atoms with Gasteiger partial charge in [-0.05, 0) is 18.6 Å². The monoisotopic (exact) mass is 297 g/mol. The highest BCUT2D eigenvalue weighted by Gasteiger charge is 2.20. The van der Waals surface area contributed by atoms with Gasteiger partial charge in [0.05, 0.1) is 17.6 Å². The zero-order valence-electron chi connectivity index (χ0n) is 11.6. The normalized spacial score (nSPS) is 13.0. The van der Waals surface area contributed by atoms with E-state index in [0.29, 0.717) is 23.9 Å². The molecule has 2 N–H and O–H groups in total. The number of benzene rings is 1. The summed E-state index contributed by atoms with van der Waals surface area (Å²) in [7, 11) is 0. The Balaban J connectivity index is 2.25. The fourth-order valence-electron chi connectivity index (χ4n) is 2.25. The van der Waals surface area contributed by atoms with Gasteiger partial charge in [-0.2, -0.15) is 8.78 Å². The number of fused-ring (bicyclic) bond motifs is 1. The van der Waals surface area contributed by atoms with Crippen molar-refractivity contribution in [1.29, 1.82) is 0 Å². The zero-order valence-corrected chi connectivity index (χ0v) is 11.6. The molecule has 2 aromatic rings. The molecule has 1 aromatic carbocycles. The standard InChI is InChI=1S/C14H17F2N3O2/c1-2-5-10(13(20)21)17-8-12-18-9-6-3-4-7-11(9)19(12)14(15)16/h3-4,6-7,10,14,17H,2,5,8H2,1H3,(H,20,21). The van der Waals surface area contributed by atoms with Crippen molar-refractivity contribution in [2.45, 2.75) is 38.9 Å². The van der Waals surface area contributed by atoms with Crippen molar-refractivity contribution >= 4 is 17.0 Å². The van der Waals surface area contributed by atoms with Gasteiger partial charge in [-0.15, -0.1) is 0 Å². The summed E-state index contributed by atoms with van der Waals surface area (Å²) in [5.74, 6) is -0.856. The second kappa shape index (κ2) is 6.62. The van der Waals surface area contributed by atoms with Crippen molar-refractivity contribution in [3.8, 4) is 0 Å². The molecule has 0 aliphatic rings. The minimum absolute atomic E-state index is 0.0179. The van der Waals surface area contributed by atoms with Gasteiger partial charge in [0.1, 0.15) is 11.9 Å². The maximum Gasteiger partial charge on any atom is 0.320 e. The number of imidazole rings is 1. The molecule has 0 amide bonds. The van der Waals surface area contributed by atoms with Gasteiger partial charge in [0.15, 0.2) is 0 Å². The van der Waals surface area contributed by atoms with Gasteiger partial charge < -0.3 is 5.11 Å². The number of para-hydroxylation sites is 2. The number of aliphatic carboxylic acids is 1. The number of carboxylic acids is 1. The molecule has 5 nitrogen and oxygen atoms in total. The Morgan fingerprint density at radius 3 is 2.76 bits per heavy atom. The summed E-state index contributed by atoms with van der Waals surface area (Å²) < 4.78 is 27.2. The third-order valence-electron chi connectivity index (χ3n) is 3.25. The predicted molar refractivity (Wildman–Crippen MR) is 74.2 cm³/mol. The van der Waals surface area contributed by atoms with Gasteiger partial charge in [-0.25, -0.2) is 4.98 Å². The first-order valence-corrected chi connectivity index (χ1v) is 6.74. The molecule has 114 valence electrons. The smallest absolute Gasteiger partial charge is 0.320 e. The maximum absolute atomic E-state index is 13.2. The minimum Gasteiger partial charge on any atom is -0.480 e. The molecule has 0 aliphatic heterocycles. The molecule has 7 heteroatoms. The van der Waals surface area contributed by atoms with Gasteiger partial charge in [-0.1, -0.05) is 25.5 Å². The quantitative estimate of drug-likeness (QED) is 0.824. The number of hydrogen-bond donors (Lipinski definition) is 2. The molecule has 0 aliphatic carbocycles. The van der Waals surface area contributed by atoms with Crippen LogP contribution >= 0.6 is 0 Å². The Bertz CT molecular complexity index is 628. The molecule has 1 unspecified atom stereocenters. The first-order valence-electron chi connectivity index (χ1n) is 6.74. The molecule has 21 heavy (non-hydrogen) atoms. The van der Waals surface area contributed by atoms with Crippen molar-refractivity contribution in [3.63, 3.8) is 0 Å². The summed E-state index contributed by atoms with van der Waals surface area (Å²) in [6, 6.07) is 5.84. The molecule has 1 heterocycles. The molecule has 0 spiro atoms. The molecule has 1 aromatic heterocycles. The second-order valence-electron chi connectivity index (χ2n) is 4.72. The van der Waals surface area contributed by atoms with Crippen molar-refractivity contribution < 1.29 is 18.7 Å². The predicted octanol–water partition coefficient (Wildman–Crippen LogP) is 2.77. The number of rotatable bonds is 7. The van der Waals surface area contributed by atoms with Crippen molar-refractivity contribution in [3.05, 3.63) is 30.1 Å². The molecule has 0 bridgehead atoms. The lowest BCUT2D eigenvalue weighted by Gasteiger charge is -2.14. The topological polar surface area (TPSA) is 67.2 Å². The van der Waals surface area contributed by atoms with Crippen LogP contribution in [0.25, 0.3) is 11.0 Å². The van der Waals surface area contributed by atoms with Crippen molar-refractivity contribution in [2.24, 2.45) is 0 Å². The van der Waals surface area contributed by atoms with Crippen LogP contribution in [0.5, 0.6) is 0 Å². The SMILES string of the molecule is CCCC(NCc1nc2ccccc2n1C(F)F)C(=O)O. The Morgan fingerprint density at radius 2 is 2.14 bits per heavy atom. The molecule has 0 saturated carbocycles. The summed E-state index contributed by atoms with van der Waals surface area (Å²) in [4.78, 5) is 15.2. The number of nitrogens with one attached hydrogen (secondary N) is 1. The average molecular weight is 297 g/mol. The van der Waals surface area contributed by atoms with Crippen LogP contribution in [-0.2, 0) is 11.3 Å². The number of halogens is 2. The Kier molecular flexibility index (Phi) is 4.85. The van der Waals surface area contributed by atoms with Crippen LogP contribution < -0.4 is 5.32 Å². The number of alkyl halides is 2. The van der Waals surface area contributed by atoms with Crippen molar-refractivity contribution in [2.75, 3.05) is 0 Å². The van der Waals surface area contributed by atoms with E-state index in [2.05, 4.69) is 10.3 Å². The number of carbonyl (C=O) groups is 1. The van der Waals surface area contributed by atoms with Crippen molar-refractivity contribution in [1.82, 2.24) is 14.9 Å².